The van der Waals surface area contributed by atoms with E-state index in [-0.39, 0.29) is 6.42 Å². The summed E-state index contributed by atoms with van der Waals surface area (Å²) in [6, 6.07) is 0. The molecule has 24 heavy (non-hydrogen) atoms. The van der Waals surface area contributed by atoms with Gasteiger partial charge in [0.15, 0.2) is 0 Å². The van der Waals surface area contributed by atoms with Crippen LogP contribution in [0.3, 0.4) is 0 Å². The van der Waals surface area contributed by atoms with Crippen molar-refractivity contribution in [2.45, 2.75) is 55.7 Å². The molecule has 0 aliphatic rings. The molecular formula is C10H9F13O. The van der Waals surface area contributed by atoms with Crippen LogP contribution in [-0.4, -0.2) is 42.6 Å². The Morgan fingerprint density at radius 1 is 0.625 bits per heavy atom. The number of unbranched alkanes of at least 4 members (excludes halogenated alkanes) is 1. The second-order valence-electron chi connectivity index (χ2n) is 4.52. The van der Waals surface area contributed by atoms with E-state index < -0.39 is 49.0 Å². The van der Waals surface area contributed by atoms with Gasteiger partial charge >= 0.3 is 36.0 Å². The predicted molar refractivity (Wildman–Crippen MR) is 51.7 cm³/mol. The summed E-state index contributed by atoms with van der Waals surface area (Å²) in [5.41, 5.74) is -7.77. The average Bonchev–Trinajstić information content (AvgIpc) is 2.33. The Bertz CT molecular complexity index is 422. The van der Waals surface area contributed by atoms with Gasteiger partial charge in [-0.2, -0.15) is 52.7 Å². The van der Waals surface area contributed by atoms with Crippen LogP contribution in [0.2, 0.25) is 0 Å². The van der Waals surface area contributed by atoms with Crippen LogP contribution in [0.4, 0.5) is 57.1 Å². The van der Waals surface area contributed by atoms with Crippen LogP contribution in [0, 0.1) is 0 Å². The molecule has 0 radical (unpaired) electrons. The maximum Gasteiger partial charge on any atom is 0.457 e. The van der Waals surface area contributed by atoms with Crippen LogP contribution >= 0.6 is 0 Å². The zero-order chi connectivity index (χ0) is 19.8. The molecule has 0 saturated heterocycles. The van der Waals surface area contributed by atoms with Crippen molar-refractivity contribution in [2.75, 3.05) is 6.61 Å². The third-order valence-corrected chi connectivity index (χ3v) is 2.79. The molecule has 0 aromatic rings. The van der Waals surface area contributed by atoms with Crippen LogP contribution < -0.4 is 0 Å². The van der Waals surface area contributed by atoms with E-state index in [2.05, 4.69) is 4.74 Å². The SMILES string of the molecule is CCCCOC(F)(C(F)(F)F)C(F)(C(F)(F)F)C(F)(F)C(F)(F)F. The molecule has 14 heteroatoms. The molecule has 0 N–H and O–H groups in total. The Hall–Kier alpha value is -0.950. The second kappa shape index (κ2) is 6.41. The number of rotatable bonds is 6. The van der Waals surface area contributed by atoms with Crippen molar-refractivity contribution in [1.82, 2.24) is 0 Å². The highest BCUT2D eigenvalue weighted by Gasteiger charge is 2.94. The lowest BCUT2D eigenvalue weighted by molar-refractivity contribution is -0.480. The molecule has 146 valence electrons. The highest BCUT2D eigenvalue weighted by atomic mass is 19.4. The lowest BCUT2D eigenvalue weighted by Gasteiger charge is -2.44. The Balaban J connectivity index is 6.58. The topological polar surface area (TPSA) is 9.23 Å². The Morgan fingerprint density at radius 3 is 1.29 bits per heavy atom. The number of ether oxygens (including phenoxy) is 1. The number of hydrogen-bond acceptors (Lipinski definition) is 1. The van der Waals surface area contributed by atoms with E-state index in [1.54, 1.807) is 0 Å². The van der Waals surface area contributed by atoms with Crippen molar-refractivity contribution in [2.24, 2.45) is 0 Å². The minimum absolute atomic E-state index is 0.172. The van der Waals surface area contributed by atoms with E-state index in [1.807, 2.05) is 0 Å². The maximum atomic E-state index is 13.8. The largest absolute Gasteiger partial charge is 0.457 e. The summed E-state index contributed by atoms with van der Waals surface area (Å²) in [7, 11) is 0. The zero-order valence-corrected chi connectivity index (χ0v) is 11.4. The molecule has 0 fully saturated rings. The highest BCUT2D eigenvalue weighted by Crippen LogP contribution is 2.62. The molecule has 0 bridgehead atoms. The van der Waals surface area contributed by atoms with Crippen LogP contribution in [0.5, 0.6) is 0 Å². The average molecular weight is 392 g/mol. The van der Waals surface area contributed by atoms with E-state index in [9.17, 15) is 57.1 Å². The van der Waals surface area contributed by atoms with E-state index in [0.29, 0.717) is 0 Å². The molecule has 0 spiro atoms. The molecule has 0 aliphatic carbocycles. The fourth-order valence-corrected chi connectivity index (χ4v) is 1.49. The summed E-state index contributed by atoms with van der Waals surface area (Å²) in [6.45, 7) is -0.504. The van der Waals surface area contributed by atoms with Crippen molar-refractivity contribution >= 4 is 0 Å². The van der Waals surface area contributed by atoms with Gasteiger partial charge in [-0.05, 0) is 6.42 Å². The van der Waals surface area contributed by atoms with E-state index in [0.717, 1.165) is 0 Å². The van der Waals surface area contributed by atoms with E-state index in [4.69, 9.17) is 0 Å². The van der Waals surface area contributed by atoms with Gasteiger partial charge in [0, 0.05) is 0 Å². The molecule has 0 saturated carbocycles. The highest BCUT2D eigenvalue weighted by molar-refractivity contribution is 5.14. The Labute approximate surface area is 125 Å². The number of alkyl halides is 13. The fraction of sp³-hybridized carbons (Fsp3) is 1.00. The molecule has 2 atom stereocenters. The summed E-state index contributed by atoms with van der Waals surface area (Å²) < 4.78 is 168. The molecule has 0 aromatic heterocycles. The molecule has 0 rings (SSSR count). The van der Waals surface area contributed by atoms with Gasteiger partial charge in [-0.1, -0.05) is 13.3 Å². The van der Waals surface area contributed by atoms with Gasteiger partial charge in [0.05, 0.1) is 6.61 Å². The van der Waals surface area contributed by atoms with E-state index >= 15 is 0 Å². The number of halogens is 13. The fourth-order valence-electron chi connectivity index (χ4n) is 1.49. The van der Waals surface area contributed by atoms with Crippen molar-refractivity contribution in [3.63, 3.8) is 0 Å². The minimum atomic E-state index is -7.80. The van der Waals surface area contributed by atoms with Crippen molar-refractivity contribution < 1.29 is 61.8 Å². The van der Waals surface area contributed by atoms with Gasteiger partial charge in [-0.25, -0.2) is 4.39 Å². The van der Waals surface area contributed by atoms with Crippen LogP contribution in [0.1, 0.15) is 19.8 Å². The molecule has 2 unspecified atom stereocenters. The van der Waals surface area contributed by atoms with Gasteiger partial charge in [0.1, 0.15) is 0 Å². The molecule has 0 aromatic carbocycles. The molecular weight excluding hydrogens is 383 g/mol. The predicted octanol–water partition coefficient (Wildman–Crippen LogP) is 5.50. The van der Waals surface area contributed by atoms with Crippen molar-refractivity contribution in [1.29, 1.82) is 0 Å². The van der Waals surface area contributed by atoms with Crippen molar-refractivity contribution in [3.8, 4) is 0 Å². The quantitative estimate of drug-likeness (QED) is 0.429. The third kappa shape index (κ3) is 3.38. The summed E-state index contributed by atoms with van der Waals surface area (Å²) >= 11 is 0. The van der Waals surface area contributed by atoms with Gasteiger partial charge in [-0.3, -0.25) is 0 Å². The normalized spacial score (nSPS) is 19.8. The molecule has 0 amide bonds. The first-order valence-corrected chi connectivity index (χ1v) is 5.91. The second-order valence-corrected chi connectivity index (χ2v) is 4.52. The molecule has 0 heterocycles. The summed E-state index contributed by atoms with van der Waals surface area (Å²) in [5, 5.41) is 0. The van der Waals surface area contributed by atoms with Crippen LogP contribution in [-0.2, 0) is 4.74 Å². The number of hydrogen-bond donors (Lipinski definition) is 0. The summed E-state index contributed by atoms with van der Waals surface area (Å²) in [4.78, 5) is 0. The third-order valence-electron chi connectivity index (χ3n) is 2.79. The van der Waals surface area contributed by atoms with E-state index in [1.165, 1.54) is 6.92 Å². The van der Waals surface area contributed by atoms with Crippen LogP contribution in [0.15, 0.2) is 0 Å². The van der Waals surface area contributed by atoms with Crippen molar-refractivity contribution in [3.05, 3.63) is 0 Å². The van der Waals surface area contributed by atoms with Gasteiger partial charge < -0.3 is 4.74 Å². The zero-order valence-electron chi connectivity index (χ0n) is 11.4. The lowest BCUT2D eigenvalue weighted by atomic mass is 9.86. The molecule has 0 aliphatic heterocycles. The first kappa shape index (κ1) is 23.1. The molecule has 1 nitrogen and oxygen atoms in total. The first-order valence-electron chi connectivity index (χ1n) is 5.91. The standard InChI is InChI=1S/C10H9F13O/c1-2-3-4-24-7(14,10(21,22)23)5(11,8(15,16)17)6(12,13)9(18,19)20/h2-4H2,1H3. The van der Waals surface area contributed by atoms with Gasteiger partial charge in [0.25, 0.3) is 0 Å². The summed E-state index contributed by atoms with van der Waals surface area (Å²) in [6.07, 6.45) is -23.2. The van der Waals surface area contributed by atoms with Gasteiger partial charge in [-0.15, -0.1) is 0 Å². The summed E-state index contributed by atoms with van der Waals surface area (Å²) in [5.74, 6) is -14.8. The van der Waals surface area contributed by atoms with Gasteiger partial charge in [0.2, 0.25) is 0 Å². The Morgan fingerprint density at radius 2 is 1.04 bits per heavy atom. The lowest BCUT2D eigenvalue weighted by Crippen LogP contribution is -2.76. The first-order chi connectivity index (χ1) is 10.3. The monoisotopic (exact) mass is 392 g/mol. The smallest absolute Gasteiger partial charge is 0.336 e. The van der Waals surface area contributed by atoms with Crippen LogP contribution in [0.25, 0.3) is 0 Å². The Kier molecular flexibility index (Phi) is 6.15. The minimum Gasteiger partial charge on any atom is -0.336 e. The maximum absolute atomic E-state index is 13.8.